The smallest absolute Gasteiger partial charge is 0.268 e. The molecule has 1 aliphatic rings. The Balaban J connectivity index is 1.90. The Labute approximate surface area is 146 Å². The fraction of sp³-hybridized carbons (Fsp3) is 0.529. The van der Waals surface area contributed by atoms with E-state index in [1.807, 2.05) is 24.3 Å². The quantitative estimate of drug-likeness (QED) is 0.480. The molecule has 4 N–H and O–H groups in total. The van der Waals surface area contributed by atoms with E-state index in [9.17, 15) is 14.7 Å². The van der Waals surface area contributed by atoms with E-state index < -0.39 is 18.1 Å². The van der Waals surface area contributed by atoms with Gasteiger partial charge in [-0.1, -0.05) is 23.7 Å². The van der Waals surface area contributed by atoms with Crippen LogP contribution in [0.25, 0.3) is 0 Å². The maximum atomic E-state index is 12.3. The lowest BCUT2D eigenvalue weighted by atomic mass is 9.78. The predicted octanol–water partition coefficient (Wildman–Crippen LogP) is 1.98. The largest absolute Gasteiger partial charge is 0.391 e. The number of carbonyl (C=O) groups excluding carboxylic acids is 2. The highest BCUT2D eigenvalue weighted by Gasteiger charge is 2.31. The number of nitrogens with one attached hydrogen (secondary N) is 2. The summed E-state index contributed by atoms with van der Waals surface area (Å²) in [7, 11) is 0. The van der Waals surface area contributed by atoms with Crippen molar-refractivity contribution in [3.63, 3.8) is 0 Å². The van der Waals surface area contributed by atoms with Crippen LogP contribution in [-0.2, 0) is 9.59 Å². The third kappa shape index (κ3) is 4.69. The Morgan fingerprint density at radius 2 is 1.75 bits per heavy atom. The molecule has 132 valence electrons. The monoisotopic (exact) mass is 354 g/mol. The molecule has 0 bridgehead atoms. The summed E-state index contributed by atoms with van der Waals surface area (Å²) in [6.07, 6.45) is 2.10. The summed E-state index contributed by atoms with van der Waals surface area (Å²) in [5.74, 6) is -0.881. The topological polar surface area (TPSA) is 98.7 Å². The number of amides is 2. The van der Waals surface area contributed by atoms with Gasteiger partial charge in [-0.3, -0.25) is 14.8 Å². The van der Waals surface area contributed by atoms with Crippen molar-refractivity contribution in [1.29, 1.82) is 0 Å². The minimum atomic E-state index is -1.16. The lowest BCUT2D eigenvalue weighted by Crippen LogP contribution is -2.53. The third-order valence-electron chi connectivity index (χ3n) is 4.61. The Morgan fingerprint density at radius 1 is 1.17 bits per heavy atom. The van der Waals surface area contributed by atoms with Crippen molar-refractivity contribution in [2.24, 2.45) is 5.92 Å². The maximum absolute atomic E-state index is 12.3. The standard InChI is InChI=1S/C17H23ClN2O4/c1-10(21)15(17(23)20-24)19-16(22)13-4-2-11(3-5-13)12-6-8-14(18)9-7-12/h6-11,13,15,21,24H,2-5H2,1H3,(H,19,22)(H,20,23). The lowest BCUT2D eigenvalue weighted by molar-refractivity contribution is -0.139. The summed E-state index contributed by atoms with van der Waals surface area (Å²) in [6, 6.07) is 6.62. The highest BCUT2D eigenvalue weighted by molar-refractivity contribution is 6.30. The van der Waals surface area contributed by atoms with E-state index in [0.717, 1.165) is 12.8 Å². The number of hydrogen-bond donors (Lipinski definition) is 4. The van der Waals surface area contributed by atoms with Gasteiger partial charge in [0.25, 0.3) is 5.91 Å². The summed E-state index contributed by atoms with van der Waals surface area (Å²) >= 11 is 5.90. The Bertz CT molecular complexity index is 568. The van der Waals surface area contributed by atoms with Gasteiger partial charge in [-0.25, -0.2) is 5.48 Å². The molecule has 0 aromatic heterocycles. The van der Waals surface area contributed by atoms with Crippen LogP contribution in [0.5, 0.6) is 0 Å². The first-order chi connectivity index (χ1) is 11.4. The van der Waals surface area contributed by atoms with Gasteiger partial charge in [0.1, 0.15) is 6.04 Å². The fourth-order valence-corrected chi connectivity index (χ4v) is 3.30. The van der Waals surface area contributed by atoms with E-state index in [1.165, 1.54) is 18.0 Å². The van der Waals surface area contributed by atoms with Gasteiger partial charge < -0.3 is 10.4 Å². The zero-order chi connectivity index (χ0) is 17.7. The summed E-state index contributed by atoms with van der Waals surface area (Å²) in [5, 5.41) is 21.5. The molecule has 2 unspecified atom stereocenters. The molecule has 0 aliphatic heterocycles. The number of aliphatic hydroxyl groups excluding tert-OH is 1. The van der Waals surface area contributed by atoms with Crippen molar-refractivity contribution >= 4 is 23.4 Å². The summed E-state index contributed by atoms with van der Waals surface area (Å²) in [4.78, 5) is 23.8. The predicted molar refractivity (Wildman–Crippen MR) is 89.7 cm³/mol. The van der Waals surface area contributed by atoms with Crippen molar-refractivity contribution < 1.29 is 19.9 Å². The molecule has 2 rings (SSSR count). The molecular weight excluding hydrogens is 332 g/mol. The number of halogens is 1. The van der Waals surface area contributed by atoms with Crippen LogP contribution in [0.1, 0.15) is 44.1 Å². The number of rotatable bonds is 5. The van der Waals surface area contributed by atoms with Gasteiger partial charge in [0, 0.05) is 10.9 Å². The fourth-order valence-electron chi connectivity index (χ4n) is 3.17. The van der Waals surface area contributed by atoms with Crippen LogP contribution in [0.2, 0.25) is 5.02 Å². The molecule has 6 nitrogen and oxygen atoms in total. The second kappa shape index (κ2) is 8.46. The van der Waals surface area contributed by atoms with Gasteiger partial charge in [0.15, 0.2) is 0 Å². The molecule has 2 amide bonds. The number of hydroxylamine groups is 1. The van der Waals surface area contributed by atoms with Crippen molar-refractivity contribution in [2.75, 3.05) is 0 Å². The first kappa shape index (κ1) is 18.7. The van der Waals surface area contributed by atoms with Gasteiger partial charge in [-0.2, -0.15) is 0 Å². The number of hydrogen-bond acceptors (Lipinski definition) is 4. The van der Waals surface area contributed by atoms with E-state index in [2.05, 4.69) is 5.32 Å². The van der Waals surface area contributed by atoms with Crippen LogP contribution < -0.4 is 10.8 Å². The SMILES string of the molecule is CC(O)C(NC(=O)C1CCC(c2ccc(Cl)cc2)CC1)C(=O)NO. The van der Waals surface area contributed by atoms with E-state index in [0.29, 0.717) is 23.8 Å². The van der Waals surface area contributed by atoms with Gasteiger partial charge >= 0.3 is 0 Å². The number of aliphatic hydroxyl groups is 1. The number of benzene rings is 1. The van der Waals surface area contributed by atoms with Gasteiger partial charge in [-0.15, -0.1) is 0 Å². The Kier molecular flexibility index (Phi) is 6.60. The van der Waals surface area contributed by atoms with Crippen molar-refractivity contribution in [3.05, 3.63) is 34.9 Å². The van der Waals surface area contributed by atoms with Crippen LogP contribution in [0, 0.1) is 5.92 Å². The number of carbonyl (C=O) groups is 2. The molecule has 0 saturated heterocycles. The van der Waals surface area contributed by atoms with E-state index in [4.69, 9.17) is 16.8 Å². The van der Waals surface area contributed by atoms with Crippen LogP contribution >= 0.6 is 11.6 Å². The zero-order valence-corrected chi connectivity index (χ0v) is 14.3. The second-order valence-electron chi connectivity index (χ2n) is 6.30. The summed E-state index contributed by atoms with van der Waals surface area (Å²) < 4.78 is 0. The van der Waals surface area contributed by atoms with Crippen LogP contribution in [0.4, 0.5) is 0 Å². The molecule has 1 saturated carbocycles. The molecule has 1 aromatic rings. The molecule has 24 heavy (non-hydrogen) atoms. The minimum Gasteiger partial charge on any atom is -0.391 e. The highest BCUT2D eigenvalue weighted by atomic mass is 35.5. The maximum Gasteiger partial charge on any atom is 0.268 e. The first-order valence-corrected chi connectivity index (χ1v) is 8.48. The molecule has 0 spiro atoms. The third-order valence-corrected chi connectivity index (χ3v) is 4.86. The van der Waals surface area contributed by atoms with Gasteiger partial charge in [0.2, 0.25) is 5.91 Å². The molecule has 1 fully saturated rings. The minimum absolute atomic E-state index is 0.193. The normalized spacial score (nSPS) is 23.2. The van der Waals surface area contributed by atoms with Gasteiger partial charge in [0.05, 0.1) is 6.10 Å². The molecule has 0 heterocycles. The Hall–Kier alpha value is -1.63. The molecule has 2 atom stereocenters. The van der Waals surface area contributed by atoms with E-state index in [1.54, 1.807) is 0 Å². The summed E-state index contributed by atoms with van der Waals surface area (Å²) in [6.45, 7) is 1.39. The molecule has 0 radical (unpaired) electrons. The molecular formula is C17H23ClN2O4. The highest BCUT2D eigenvalue weighted by Crippen LogP contribution is 2.36. The first-order valence-electron chi connectivity index (χ1n) is 8.10. The van der Waals surface area contributed by atoms with Crippen LogP contribution in [0.15, 0.2) is 24.3 Å². The Morgan fingerprint density at radius 3 is 2.25 bits per heavy atom. The molecule has 1 aliphatic carbocycles. The van der Waals surface area contributed by atoms with Crippen LogP contribution in [-0.4, -0.2) is 34.3 Å². The van der Waals surface area contributed by atoms with E-state index in [-0.39, 0.29) is 11.8 Å². The average molecular weight is 355 g/mol. The lowest BCUT2D eigenvalue weighted by Gasteiger charge is -2.29. The molecule has 1 aromatic carbocycles. The second-order valence-corrected chi connectivity index (χ2v) is 6.74. The average Bonchev–Trinajstić information content (AvgIpc) is 2.59. The van der Waals surface area contributed by atoms with Gasteiger partial charge in [-0.05, 0) is 56.2 Å². The van der Waals surface area contributed by atoms with Crippen molar-refractivity contribution in [1.82, 2.24) is 10.8 Å². The summed E-state index contributed by atoms with van der Waals surface area (Å²) in [5.41, 5.74) is 2.69. The molecule has 7 heteroatoms. The van der Waals surface area contributed by atoms with Crippen molar-refractivity contribution in [3.8, 4) is 0 Å². The van der Waals surface area contributed by atoms with Crippen LogP contribution in [0.3, 0.4) is 0 Å². The van der Waals surface area contributed by atoms with Crippen molar-refractivity contribution in [2.45, 2.75) is 50.7 Å². The van der Waals surface area contributed by atoms with E-state index >= 15 is 0 Å². The zero-order valence-electron chi connectivity index (χ0n) is 13.5.